The van der Waals surface area contributed by atoms with E-state index in [-0.39, 0.29) is 28.1 Å². The maximum atomic E-state index is 12.0. The van der Waals surface area contributed by atoms with Gasteiger partial charge in [-0.3, -0.25) is 0 Å². The van der Waals surface area contributed by atoms with Gasteiger partial charge in [0.2, 0.25) is 10.0 Å². The number of nitriles is 1. The molecule has 0 radical (unpaired) electrons. The third-order valence-electron chi connectivity index (χ3n) is 3.11. The monoisotopic (exact) mass is 299 g/mol. The van der Waals surface area contributed by atoms with Crippen LogP contribution >= 0.6 is 11.6 Å². The average Bonchev–Trinajstić information content (AvgIpc) is 3.20. The summed E-state index contributed by atoms with van der Waals surface area (Å²) in [4.78, 5) is 0.0412. The molecule has 1 saturated carbocycles. The van der Waals surface area contributed by atoms with Crippen LogP contribution < -0.4 is 10.5 Å². The van der Waals surface area contributed by atoms with E-state index in [9.17, 15) is 8.42 Å². The van der Waals surface area contributed by atoms with Crippen LogP contribution in [0.5, 0.6) is 0 Å². The quantitative estimate of drug-likeness (QED) is 0.854. The Bertz CT molecular complexity index is 620. The molecule has 1 aromatic carbocycles. The normalized spacial score (nSPS) is 16.9. The predicted molar refractivity (Wildman–Crippen MR) is 72.1 cm³/mol. The van der Waals surface area contributed by atoms with Crippen LogP contribution in [0, 0.1) is 17.2 Å². The fourth-order valence-electron chi connectivity index (χ4n) is 1.73. The lowest BCUT2D eigenvalue weighted by molar-refractivity contribution is 0.548. The molecular weight excluding hydrogens is 286 g/mol. The molecular formula is C12H14ClN3O2S. The van der Waals surface area contributed by atoms with Crippen molar-refractivity contribution in [2.45, 2.75) is 23.8 Å². The minimum absolute atomic E-state index is 0.0412. The van der Waals surface area contributed by atoms with Crippen LogP contribution in [0.2, 0.25) is 5.02 Å². The molecule has 0 heterocycles. The first kappa shape index (κ1) is 14.3. The molecule has 3 N–H and O–H groups in total. The van der Waals surface area contributed by atoms with Gasteiger partial charge >= 0.3 is 0 Å². The van der Waals surface area contributed by atoms with Crippen molar-refractivity contribution in [1.82, 2.24) is 4.72 Å². The first-order chi connectivity index (χ1) is 8.94. The summed E-state index contributed by atoms with van der Waals surface area (Å²) in [6, 6.07) is 5.74. The highest BCUT2D eigenvalue weighted by molar-refractivity contribution is 7.89. The number of nitrogens with two attached hydrogens (primary N) is 1. The Morgan fingerprint density at radius 1 is 1.53 bits per heavy atom. The Morgan fingerprint density at radius 3 is 2.74 bits per heavy atom. The van der Waals surface area contributed by atoms with Crippen molar-refractivity contribution in [2.75, 3.05) is 6.54 Å². The van der Waals surface area contributed by atoms with Crippen LogP contribution in [-0.4, -0.2) is 21.0 Å². The van der Waals surface area contributed by atoms with Crippen LogP contribution in [0.1, 0.15) is 18.4 Å². The number of rotatable bonds is 5. The number of sulfonamides is 1. The van der Waals surface area contributed by atoms with Crippen molar-refractivity contribution in [1.29, 1.82) is 5.26 Å². The number of benzene rings is 1. The molecule has 1 aromatic rings. The third-order valence-corrected chi connectivity index (χ3v) is 4.84. The van der Waals surface area contributed by atoms with Crippen LogP contribution in [0.3, 0.4) is 0 Å². The van der Waals surface area contributed by atoms with Gasteiger partial charge < -0.3 is 5.73 Å². The molecule has 102 valence electrons. The molecule has 1 fully saturated rings. The lowest BCUT2D eigenvalue weighted by Gasteiger charge is -2.12. The van der Waals surface area contributed by atoms with Gasteiger partial charge in [-0.1, -0.05) is 11.6 Å². The molecule has 19 heavy (non-hydrogen) atoms. The van der Waals surface area contributed by atoms with Gasteiger partial charge in [-0.15, -0.1) is 0 Å². The summed E-state index contributed by atoms with van der Waals surface area (Å²) >= 11 is 5.82. The van der Waals surface area contributed by atoms with Crippen molar-refractivity contribution in [3.8, 4) is 6.07 Å². The van der Waals surface area contributed by atoms with Crippen LogP contribution in [-0.2, 0) is 10.0 Å². The predicted octanol–water partition coefficient (Wildman–Crippen LogP) is 1.23. The summed E-state index contributed by atoms with van der Waals surface area (Å²) in [6.45, 7) is 0.213. The summed E-state index contributed by atoms with van der Waals surface area (Å²) in [5.74, 6) is 0.423. The van der Waals surface area contributed by atoms with Crippen molar-refractivity contribution in [3.05, 3.63) is 28.8 Å². The largest absolute Gasteiger partial charge is 0.326 e. The third kappa shape index (κ3) is 3.45. The molecule has 0 aromatic heterocycles. The van der Waals surface area contributed by atoms with Gasteiger partial charge in [0, 0.05) is 12.6 Å². The molecule has 1 aliphatic carbocycles. The van der Waals surface area contributed by atoms with Crippen LogP contribution in [0.4, 0.5) is 0 Å². The fraction of sp³-hybridized carbons (Fsp3) is 0.417. The summed E-state index contributed by atoms with van der Waals surface area (Å²) < 4.78 is 26.5. The SMILES string of the molecule is N#Cc1ccc(S(=O)(=O)NCC(N)C2CC2)cc1Cl. The second kappa shape index (κ2) is 5.47. The molecule has 2 rings (SSSR count). The maximum Gasteiger partial charge on any atom is 0.240 e. The highest BCUT2D eigenvalue weighted by Crippen LogP contribution is 2.31. The van der Waals surface area contributed by atoms with Gasteiger partial charge in [0.25, 0.3) is 0 Å². The zero-order valence-corrected chi connectivity index (χ0v) is 11.7. The number of hydrogen-bond donors (Lipinski definition) is 2. The Morgan fingerprint density at radius 2 is 2.21 bits per heavy atom. The topological polar surface area (TPSA) is 96.0 Å². The van der Waals surface area contributed by atoms with Gasteiger partial charge in [-0.2, -0.15) is 5.26 Å². The van der Waals surface area contributed by atoms with Gasteiger partial charge in [-0.25, -0.2) is 13.1 Å². The number of hydrogen-bond acceptors (Lipinski definition) is 4. The number of nitrogens with one attached hydrogen (secondary N) is 1. The van der Waals surface area contributed by atoms with E-state index in [4.69, 9.17) is 22.6 Å². The second-order valence-corrected chi connectivity index (χ2v) is 6.78. The summed E-state index contributed by atoms with van der Waals surface area (Å²) in [6.07, 6.45) is 2.12. The molecule has 0 amide bonds. The molecule has 1 aliphatic rings. The highest BCUT2D eigenvalue weighted by atomic mass is 35.5. The molecule has 1 atom stereocenters. The first-order valence-electron chi connectivity index (χ1n) is 5.89. The Kier molecular flexibility index (Phi) is 4.11. The van der Waals surface area contributed by atoms with Gasteiger partial charge in [-0.05, 0) is 37.0 Å². The lowest BCUT2D eigenvalue weighted by Crippen LogP contribution is -2.38. The van der Waals surface area contributed by atoms with E-state index in [1.54, 1.807) is 0 Å². The van der Waals surface area contributed by atoms with Crippen molar-refractivity contribution >= 4 is 21.6 Å². The molecule has 0 spiro atoms. The van der Waals surface area contributed by atoms with Crippen molar-refractivity contribution < 1.29 is 8.42 Å². The summed E-state index contributed by atoms with van der Waals surface area (Å²) in [5.41, 5.74) is 6.09. The minimum atomic E-state index is -3.63. The lowest BCUT2D eigenvalue weighted by atomic mass is 10.2. The van der Waals surface area contributed by atoms with E-state index < -0.39 is 10.0 Å². The molecule has 0 bridgehead atoms. The Labute approximate surface area is 117 Å². The first-order valence-corrected chi connectivity index (χ1v) is 7.75. The summed E-state index contributed by atoms with van der Waals surface area (Å²) in [5, 5.41) is 8.86. The Hall–Kier alpha value is -1.13. The van der Waals surface area contributed by atoms with E-state index in [0.717, 1.165) is 12.8 Å². The molecule has 1 unspecified atom stereocenters. The number of nitrogens with zero attached hydrogens (tertiary/aromatic N) is 1. The molecule has 0 saturated heterocycles. The van der Waals surface area contributed by atoms with Gasteiger partial charge in [0.1, 0.15) is 6.07 Å². The highest BCUT2D eigenvalue weighted by Gasteiger charge is 2.29. The van der Waals surface area contributed by atoms with Crippen LogP contribution in [0.15, 0.2) is 23.1 Å². The molecule has 5 nitrogen and oxygen atoms in total. The van der Waals surface area contributed by atoms with Crippen molar-refractivity contribution in [3.63, 3.8) is 0 Å². The van der Waals surface area contributed by atoms with E-state index in [1.807, 2.05) is 6.07 Å². The standard InChI is InChI=1S/C12H14ClN3O2S/c13-11-5-10(4-3-9(11)6-14)19(17,18)16-7-12(15)8-1-2-8/h3-5,8,12,16H,1-2,7,15H2. The summed E-state index contributed by atoms with van der Waals surface area (Å²) in [7, 11) is -3.63. The van der Waals surface area contributed by atoms with E-state index in [0.29, 0.717) is 5.92 Å². The molecule has 0 aliphatic heterocycles. The maximum absolute atomic E-state index is 12.0. The second-order valence-electron chi connectivity index (χ2n) is 4.61. The van der Waals surface area contributed by atoms with Crippen LogP contribution in [0.25, 0.3) is 0 Å². The van der Waals surface area contributed by atoms with Gasteiger partial charge in [0.05, 0.1) is 15.5 Å². The zero-order chi connectivity index (χ0) is 14.0. The Balaban J connectivity index is 2.10. The van der Waals surface area contributed by atoms with E-state index in [2.05, 4.69) is 4.72 Å². The number of halogens is 1. The van der Waals surface area contributed by atoms with E-state index >= 15 is 0 Å². The van der Waals surface area contributed by atoms with Gasteiger partial charge in [0.15, 0.2) is 0 Å². The zero-order valence-electron chi connectivity index (χ0n) is 10.1. The molecule has 7 heteroatoms. The van der Waals surface area contributed by atoms with Crippen molar-refractivity contribution in [2.24, 2.45) is 11.7 Å². The fourth-order valence-corrected chi connectivity index (χ4v) is 3.12. The smallest absolute Gasteiger partial charge is 0.240 e. The average molecular weight is 300 g/mol. The minimum Gasteiger partial charge on any atom is -0.326 e. The van der Waals surface area contributed by atoms with E-state index in [1.165, 1.54) is 18.2 Å².